The number of rotatable bonds is 5. The van der Waals surface area contributed by atoms with Gasteiger partial charge in [0.05, 0.1) is 20.3 Å². The van der Waals surface area contributed by atoms with Crippen molar-refractivity contribution in [3.63, 3.8) is 0 Å². The number of benzene rings is 1. The molecule has 0 atom stereocenters. The van der Waals surface area contributed by atoms with Crippen LogP contribution in [0.2, 0.25) is 0 Å². The van der Waals surface area contributed by atoms with Gasteiger partial charge in [-0.25, -0.2) is 9.97 Å². The molecular weight excluding hydrogens is 340 g/mol. The number of piperidine rings is 1. The number of nitrogens with zero attached hydrogens (tertiary/aromatic N) is 4. The van der Waals surface area contributed by atoms with E-state index in [1.807, 2.05) is 6.07 Å². The van der Waals surface area contributed by atoms with Crippen LogP contribution in [0.15, 0.2) is 36.7 Å². The average Bonchev–Trinajstić information content (AvgIpc) is 2.75. The van der Waals surface area contributed by atoms with Crippen LogP contribution in [0.4, 0.5) is 11.6 Å². The van der Waals surface area contributed by atoms with Gasteiger partial charge in [0.1, 0.15) is 23.7 Å². The highest BCUT2D eigenvalue weighted by Crippen LogP contribution is 2.29. The number of methoxy groups -OCH3 is 1. The number of hydrogen-bond acceptors (Lipinski definition) is 6. The Hall–Kier alpha value is -2.34. The van der Waals surface area contributed by atoms with Crippen LogP contribution < -0.4 is 14.5 Å². The summed E-state index contributed by atoms with van der Waals surface area (Å²) >= 11 is 0. The van der Waals surface area contributed by atoms with Crippen LogP contribution >= 0.6 is 0 Å². The summed E-state index contributed by atoms with van der Waals surface area (Å²) < 4.78 is 10.9. The molecule has 2 saturated heterocycles. The molecule has 144 valence electrons. The predicted molar refractivity (Wildman–Crippen MR) is 107 cm³/mol. The van der Waals surface area contributed by atoms with Crippen molar-refractivity contribution < 1.29 is 9.47 Å². The van der Waals surface area contributed by atoms with Crippen LogP contribution in [-0.4, -0.2) is 56.5 Å². The summed E-state index contributed by atoms with van der Waals surface area (Å²) in [5, 5.41) is 0. The Balaban J connectivity index is 1.36. The Morgan fingerprint density at radius 1 is 1.00 bits per heavy atom. The molecule has 6 heteroatoms. The largest absolute Gasteiger partial charge is 0.496 e. The molecule has 0 spiro atoms. The van der Waals surface area contributed by atoms with Gasteiger partial charge in [0.25, 0.3) is 0 Å². The maximum atomic E-state index is 5.51. The van der Waals surface area contributed by atoms with Gasteiger partial charge in [-0.05, 0) is 36.8 Å². The third-order valence-corrected chi connectivity index (χ3v) is 5.61. The molecule has 2 aromatic rings. The monoisotopic (exact) mass is 368 g/mol. The first kappa shape index (κ1) is 18.0. The topological polar surface area (TPSA) is 50.7 Å². The zero-order chi connectivity index (χ0) is 18.5. The third kappa shape index (κ3) is 4.33. The van der Waals surface area contributed by atoms with Crippen molar-refractivity contribution in [3.05, 3.63) is 42.2 Å². The van der Waals surface area contributed by atoms with Gasteiger partial charge < -0.3 is 19.3 Å². The molecule has 2 fully saturated rings. The van der Waals surface area contributed by atoms with E-state index in [-0.39, 0.29) is 0 Å². The quantitative estimate of drug-likeness (QED) is 0.809. The third-order valence-electron chi connectivity index (χ3n) is 5.61. The molecule has 27 heavy (non-hydrogen) atoms. The number of ether oxygens (including phenoxy) is 2. The van der Waals surface area contributed by atoms with Crippen LogP contribution in [0.1, 0.15) is 18.4 Å². The molecule has 6 nitrogen and oxygen atoms in total. The van der Waals surface area contributed by atoms with E-state index in [2.05, 4.69) is 44.0 Å². The molecule has 1 aromatic carbocycles. The molecule has 0 saturated carbocycles. The van der Waals surface area contributed by atoms with E-state index in [1.165, 1.54) is 18.4 Å². The molecule has 0 radical (unpaired) electrons. The Morgan fingerprint density at radius 2 is 1.67 bits per heavy atom. The van der Waals surface area contributed by atoms with Gasteiger partial charge in [0.15, 0.2) is 0 Å². The number of hydrogen-bond donors (Lipinski definition) is 0. The molecule has 1 aromatic heterocycles. The summed E-state index contributed by atoms with van der Waals surface area (Å²) in [4.78, 5) is 13.7. The zero-order valence-electron chi connectivity index (χ0n) is 16.0. The summed E-state index contributed by atoms with van der Waals surface area (Å²) in [5.41, 5.74) is 1.31. The van der Waals surface area contributed by atoms with E-state index < -0.39 is 0 Å². The van der Waals surface area contributed by atoms with Crippen molar-refractivity contribution in [2.75, 3.05) is 56.3 Å². The molecule has 0 amide bonds. The fourth-order valence-corrected chi connectivity index (χ4v) is 4.02. The Bertz CT molecular complexity index is 740. The van der Waals surface area contributed by atoms with Crippen molar-refractivity contribution in [2.45, 2.75) is 19.3 Å². The second-order valence-corrected chi connectivity index (χ2v) is 7.28. The molecule has 0 aliphatic carbocycles. The van der Waals surface area contributed by atoms with Crippen LogP contribution in [0.5, 0.6) is 5.75 Å². The second-order valence-electron chi connectivity index (χ2n) is 7.28. The minimum absolute atomic E-state index is 0.693. The molecule has 0 bridgehead atoms. The van der Waals surface area contributed by atoms with Gasteiger partial charge in [-0.15, -0.1) is 0 Å². The number of anilines is 2. The second kappa shape index (κ2) is 8.57. The molecule has 3 heterocycles. The summed E-state index contributed by atoms with van der Waals surface area (Å²) in [7, 11) is 1.75. The van der Waals surface area contributed by atoms with Crippen molar-refractivity contribution >= 4 is 11.6 Å². The SMILES string of the molecule is COc1ccccc1CC1CCN(c2cc(N3CCOCC3)ncn2)CC1. The zero-order valence-corrected chi connectivity index (χ0v) is 16.0. The standard InChI is InChI=1S/C21H28N4O2/c1-26-19-5-3-2-4-18(19)14-17-6-8-24(9-7-17)20-15-21(23-16-22-20)25-10-12-27-13-11-25/h2-5,15-17H,6-14H2,1H3. The number of aromatic nitrogens is 2. The first-order chi connectivity index (χ1) is 13.3. The average molecular weight is 368 g/mol. The van der Waals surface area contributed by atoms with Crippen LogP contribution in [0.25, 0.3) is 0 Å². The summed E-state index contributed by atoms with van der Waals surface area (Å²) in [6, 6.07) is 10.5. The molecule has 2 aliphatic rings. The van der Waals surface area contributed by atoms with E-state index >= 15 is 0 Å². The maximum absolute atomic E-state index is 5.51. The van der Waals surface area contributed by atoms with Crippen molar-refractivity contribution in [2.24, 2.45) is 5.92 Å². The normalized spacial score (nSPS) is 18.6. The maximum Gasteiger partial charge on any atom is 0.134 e. The van der Waals surface area contributed by atoms with Gasteiger partial charge in [0.2, 0.25) is 0 Å². The Morgan fingerprint density at radius 3 is 2.37 bits per heavy atom. The lowest BCUT2D eigenvalue weighted by Gasteiger charge is -2.34. The van der Waals surface area contributed by atoms with Crippen molar-refractivity contribution in [3.8, 4) is 5.75 Å². The smallest absolute Gasteiger partial charge is 0.134 e. The molecule has 2 aliphatic heterocycles. The summed E-state index contributed by atoms with van der Waals surface area (Å²) in [5.74, 6) is 3.76. The summed E-state index contributed by atoms with van der Waals surface area (Å²) in [6.45, 7) is 5.43. The Kier molecular flexibility index (Phi) is 5.72. The molecule has 4 rings (SSSR count). The fourth-order valence-electron chi connectivity index (χ4n) is 4.02. The lowest BCUT2D eigenvalue weighted by Crippen LogP contribution is -2.38. The van der Waals surface area contributed by atoms with Gasteiger partial charge in [0, 0.05) is 32.2 Å². The van der Waals surface area contributed by atoms with Gasteiger partial charge >= 0.3 is 0 Å². The van der Waals surface area contributed by atoms with Crippen molar-refractivity contribution in [1.82, 2.24) is 9.97 Å². The lowest BCUT2D eigenvalue weighted by atomic mass is 9.90. The van der Waals surface area contributed by atoms with E-state index in [9.17, 15) is 0 Å². The minimum atomic E-state index is 0.693. The van der Waals surface area contributed by atoms with E-state index in [0.29, 0.717) is 5.92 Å². The highest BCUT2D eigenvalue weighted by atomic mass is 16.5. The van der Waals surface area contributed by atoms with Crippen LogP contribution in [-0.2, 0) is 11.2 Å². The summed E-state index contributed by atoms with van der Waals surface area (Å²) in [6.07, 6.45) is 5.13. The van der Waals surface area contributed by atoms with Gasteiger partial charge in [-0.1, -0.05) is 18.2 Å². The van der Waals surface area contributed by atoms with E-state index in [0.717, 1.165) is 63.2 Å². The number of morpholine rings is 1. The van der Waals surface area contributed by atoms with Crippen LogP contribution in [0, 0.1) is 5.92 Å². The molecule has 0 unspecified atom stereocenters. The van der Waals surface area contributed by atoms with Crippen molar-refractivity contribution in [1.29, 1.82) is 0 Å². The predicted octanol–water partition coefficient (Wildman–Crippen LogP) is 2.78. The number of para-hydroxylation sites is 1. The van der Waals surface area contributed by atoms with Gasteiger partial charge in [-0.2, -0.15) is 0 Å². The first-order valence-corrected chi connectivity index (χ1v) is 9.85. The fraction of sp³-hybridized carbons (Fsp3) is 0.524. The van der Waals surface area contributed by atoms with E-state index in [4.69, 9.17) is 9.47 Å². The highest BCUT2D eigenvalue weighted by Gasteiger charge is 2.22. The highest BCUT2D eigenvalue weighted by molar-refractivity contribution is 5.50. The minimum Gasteiger partial charge on any atom is -0.496 e. The van der Waals surface area contributed by atoms with Gasteiger partial charge in [-0.3, -0.25) is 0 Å². The molecule has 0 N–H and O–H groups in total. The van der Waals surface area contributed by atoms with E-state index in [1.54, 1.807) is 13.4 Å². The molecular formula is C21H28N4O2. The first-order valence-electron chi connectivity index (χ1n) is 9.85. The lowest BCUT2D eigenvalue weighted by molar-refractivity contribution is 0.122. The van der Waals surface area contributed by atoms with Crippen LogP contribution in [0.3, 0.4) is 0 Å². The Labute approximate surface area is 161 Å².